The number of carbonyl (C=O) groups is 1. The van der Waals surface area contributed by atoms with Gasteiger partial charge in [0.25, 0.3) is 5.91 Å². The second-order valence-electron chi connectivity index (χ2n) is 13.4. The minimum atomic E-state index is -4.74. The van der Waals surface area contributed by atoms with E-state index in [0.717, 1.165) is 31.1 Å². The first-order chi connectivity index (χ1) is 23.3. The molecule has 2 N–H and O–H groups in total. The summed E-state index contributed by atoms with van der Waals surface area (Å²) in [6, 6.07) is 4.17. The first-order valence-electron chi connectivity index (χ1n) is 16.2. The molecule has 3 aromatic rings. The van der Waals surface area contributed by atoms with Crippen LogP contribution in [-0.4, -0.2) is 81.3 Å². The number of rotatable bonds is 6. The zero-order valence-electron chi connectivity index (χ0n) is 27.2. The number of carbonyl (C=O) groups excluding carboxylic acids is 1. The molecule has 16 heteroatoms. The van der Waals surface area contributed by atoms with Crippen LogP contribution >= 0.6 is 11.6 Å². The first-order valence-corrected chi connectivity index (χ1v) is 16.6. The minimum absolute atomic E-state index is 0.0106. The molecule has 49 heavy (non-hydrogen) atoms. The molecule has 0 aliphatic carbocycles. The Bertz CT molecular complexity index is 1810. The number of hydrogen-bond acceptors (Lipinski definition) is 9. The van der Waals surface area contributed by atoms with E-state index in [1.54, 1.807) is 20.2 Å². The Labute approximate surface area is 285 Å². The lowest BCUT2D eigenvalue weighted by molar-refractivity contribution is -0.139. The van der Waals surface area contributed by atoms with E-state index in [2.05, 4.69) is 10.00 Å². The number of aromatic nitrogens is 4. The van der Waals surface area contributed by atoms with Crippen LogP contribution in [0, 0.1) is 0 Å². The third-order valence-corrected chi connectivity index (χ3v) is 10.2. The molecule has 0 radical (unpaired) electrons. The number of alkyl halides is 3. The average molecular weight is 705 g/mol. The lowest BCUT2D eigenvalue weighted by Crippen LogP contribution is -2.43. The Morgan fingerprint density at radius 2 is 2.00 bits per heavy atom. The zero-order chi connectivity index (χ0) is 34.7. The number of aryl methyl sites for hydroxylation is 1. The highest BCUT2D eigenvalue weighted by atomic mass is 35.5. The number of benzene rings is 1. The van der Waals surface area contributed by atoms with Gasteiger partial charge in [0.15, 0.2) is 5.69 Å². The Balaban J connectivity index is 1.25. The lowest BCUT2D eigenvalue weighted by Gasteiger charge is -2.33. The van der Waals surface area contributed by atoms with Gasteiger partial charge in [0.1, 0.15) is 12.4 Å². The molecule has 2 fully saturated rings. The normalized spacial score (nSPS) is 23.3. The van der Waals surface area contributed by atoms with Gasteiger partial charge in [-0.2, -0.15) is 28.2 Å². The van der Waals surface area contributed by atoms with E-state index in [1.807, 2.05) is 9.58 Å². The van der Waals surface area contributed by atoms with Crippen molar-refractivity contribution in [3.63, 3.8) is 0 Å². The van der Waals surface area contributed by atoms with Gasteiger partial charge in [-0.3, -0.25) is 14.4 Å². The molecule has 2 atom stereocenters. The van der Waals surface area contributed by atoms with E-state index in [9.17, 15) is 22.4 Å². The van der Waals surface area contributed by atoms with Gasteiger partial charge in [0, 0.05) is 51.4 Å². The summed E-state index contributed by atoms with van der Waals surface area (Å²) in [6.45, 7) is 3.07. The van der Waals surface area contributed by atoms with Crippen molar-refractivity contribution in [1.29, 1.82) is 0 Å². The summed E-state index contributed by atoms with van der Waals surface area (Å²) in [6.07, 6.45) is -2.09. The number of fused-ring (bicyclic) bond motifs is 3. The van der Waals surface area contributed by atoms with Crippen LogP contribution in [-0.2, 0) is 37.0 Å². The first kappa shape index (κ1) is 33.5. The fourth-order valence-corrected chi connectivity index (χ4v) is 7.93. The SMILES string of the molecule is CN(C)C(=O)c1cc2n(n1)CCCN(c1nc(OC[C@@]34CCCN3C/C(=C\F)C4)nc3c1CO[C@@H](c1cc(N)cc(Cl)c1C(F)(F)F)C3)C2. The number of ether oxygens (including phenoxy) is 2. The maximum atomic E-state index is 14.2. The summed E-state index contributed by atoms with van der Waals surface area (Å²) in [7, 11) is 3.34. The molecule has 0 unspecified atom stereocenters. The molecule has 11 nitrogen and oxygen atoms in total. The number of nitrogen functional groups attached to an aromatic ring is 1. The number of hydrogen-bond donors (Lipinski definition) is 1. The van der Waals surface area contributed by atoms with Crippen molar-refractivity contribution < 1.29 is 31.8 Å². The number of nitrogens with two attached hydrogens (primary N) is 1. The van der Waals surface area contributed by atoms with Crippen molar-refractivity contribution in [2.24, 2.45) is 0 Å². The van der Waals surface area contributed by atoms with Gasteiger partial charge in [0.05, 0.1) is 53.1 Å². The molecule has 262 valence electrons. The van der Waals surface area contributed by atoms with Gasteiger partial charge in [0.2, 0.25) is 0 Å². The van der Waals surface area contributed by atoms with E-state index in [0.29, 0.717) is 73.7 Å². The Morgan fingerprint density at radius 3 is 2.76 bits per heavy atom. The Kier molecular flexibility index (Phi) is 8.72. The highest BCUT2D eigenvalue weighted by Crippen LogP contribution is 2.45. The van der Waals surface area contributed by atoms with Crippen LogP contribution in [0.1, 0.15) is 70.4 Å². The summed E-state index contributed by atoms with van der Waals surface area (Å²) in [5.41, 5.74) is 7.47. The molecule has 2 aromatic heterocycles. The molecule has 0 spiro atoms. The van der Waals surface area contributed by atoms with E-state index < -0.39 is 22.9 Å². The molecule has 4 aliphatic rings. The van der Waals surface area contributed by atoms with Crippen LogP contribution in [0.2, 0.25) is 5.02 Å². The van der Waals surface area contributed by atoms with E-state index in [4.69, 9.17) is 36.8 Å². The fourth-order valence-electron chi connectivity index (χ4n) is 7.59. The topological polar surface area (TPSA) is 115 Å². The molecule has 4 aliphatic heterocycles. The molecular weight excluding hydrogens is 668 g/mol. The van der Waals surface area contributed by atoms with Crippen LogP contribution in [0.3, 0.4) is 0 Å². The predicted octanol–water partition coefficient (Wildman–Crippen LogP) is 5.32. The average Bonchev–Trinajstić information content (AvgIpc) is 3.69. The standard InChI is InChI=1S/C33H37ClF4N8O3/c1-43(2)30(47)26-11-21-16-44(6-4-8-46(21)42-26)29-23-17-48-27(22-9-20(39)10-24(34)28(22)33(36,37)38)12-25(23)40-31(41-29)49-18-32-5-3-7-45(32)15-19(13-32)14-35/h9-11,14,27H,3-8,12-13,15-18,39H2,1-2H3/b19-14-/t27-,32+/m1/s1. The minimum Gasteiger partial charge on any atom is -0.461 e. The van der Waals surface area contributed by atoms with Gasteiger partial charge in [-0.05, 0) is 61.6 Å². The van der Waals surface area contributed by atoms with Gasteiger partial charge in [-0.15, -0.1) is 0 Å². The highest BCUT2D eigenvalue weighted by Gasteiger charge is 2.47. The van der Waals surface area contributed by atoms with Gasteiger partial charge >= 0.3 is 12.2 Å². The van der Waals surface area contributed by atoms with Gasteiger partial charge in [-0.1, -0.05) is 11.6 Å². The maximum Gasteiger partial charge on any atom is 0.418 e. The Morgan fingerprint density at radius 1 is 1.18 bits per heavy atom. The van der Waals surface area contributed by atoms with Crippen molar-refractivity contribution in [2.75, 3.05) is 51.0 Å². The van der Waals surface area contributed by atoms with Crippen molar-refractivity contribution in [3.8, 4) is 6.01 Å². The van der Waals surface area contributed by atoms with Crippen LogP contribution in [0.25, 0.3) is 0 Å². The van der Waals surface area contributed by atoms with E-state index in [1.165, 1.54) is 11.0 Å². The summed E-state index contributed by atoms with van der Waals surface area (Å²) < 4.78 is 70.5. The summed E-state index contributed by atoms with van der Waals surface area (Å²) in [5.74, 6) is 0.325. The zero-order valence-corrected chi connectivity index (χ0v) is 28.0. The molecule has 0 bridgehead atoms. The molecule has 1 aromatic carbocycles. The van der Waals surface area contributed by atoms with E-state index in [-0.39, 0.29) is 48.3 Å². The van der Waals surface area contributed by atoms with Crippen LogP contribution < -0.4 is 15.4 Å². The highest BCUT2D eigenvalue weighted by molar-refractivity contribution is 6.31. The summed E-state index contributed by atoms with van der Waals surface area (Å²) in [5, 5.41) is 4.03. The van der Waals surface area contributed by atoms with E-state index >= 15 is 0 Å². The molecule has 6 heterocycles. The molecule has 1 amide bonds. The third-order valence-electron chi connectivity index (χ3n) is 9.89. The summed E-state index contributed by atoms with van der Waals surface area (Å²) >= 11 is 6.08. The number of anilines is 2. The van der Waals surface area contributed by atoms with Crippen LogP contribution in [0.5, 0.6) is 6.01 Å². The quantitative estimate of drug-likeness (QED) is 0.269. The second-order valence-corrected chi connectivity index (χ2v) is 13.8. The van der Waals surface area contributed by atoms with Crippen molar-refractivity contribution >= 4 is 29.0 Å². The second kappa shape index (κ2) is 12.7. The van der Waals surface area contributed by atoms with Gasteiger partial charge in [-0.25, -0.2) is 4.39 Å². The van der Waals surface area contributed by atoms with Crippen LogP contribution in [0.15, 0.2) is 30.1 Å². The lowest BCUT2D eigenvalue weighted by atomic mass is 9.94. The molecule has 2 saturated heterocycles. The maximum absolute atomic E-state index is 14.2. The third kappa shape index (κ3) is 6.32. The van der Waals surface area contributed by atoms with Gasteiger partial charge < -0.3 is 25.0 Å². The molecule has 7 rings (SSSR count). The largest absolute Gasteiger partial charge is 0.461 e. The smallest absolute Gasteiger partial charge is 0.418 e. The predicted molar refractivity (Wildman–Crippen MR) is 173 cm³/mol. The molecule has 0 saturated carbocycles. The van der Waals surface area contributed by atoms with Crippen LogP contribution in [0.4, 0.5) is 29.1 Å². The van der Waals surface area contributed by atoms with Crippen molar-refractivity contribution in [2.45, 2.75) is 69.6 Å². The number of halogens is 5. The van der Waals surface area contributed by atoms with Crippen molar-refractivity contribution in [1.82, 2.24) is 29.5 Å². The Hall–Kier alpha value is -3.95. The molecular formula is C33H37ClF4N8O3. The monoisotopic (exact) mass is 704 g/mol. The summed E-state index contributed by atoms with van der Waals surface area (Å²) in [4.78, 5) is 28.0. The number of nitrogens with zero attached hydrogens (tertiary/aromatic N) is 7. The fraction of sp³-hybridized carbons (Fsp3) is 0.515. The van der Waals surface area contributed by atoms with Crippen molar-refractivity contribution in [3.05, 3.63) is 68.9 Å². The number of amides is 1.